The van der Waals surface area contributed by atoms with Crippen molar-refractivity contribution in [3.05, 3.63) is 53.1 Å². The van der Waals surface area contributed by atoms with Crippen molar-refractivity contribution in [2.45, 2.75) is 90.8 Å². The van der Waals surface area contributed by atoms with Crippen LogP contribution < -0.4 is 0 Å². The molecule has 1 aromatic heterocycles. The number of imidazole rings is 1. The Hall–Kier alpha value is -2.10. The molecule has 1 amide bonds. The number of nitrogens with zero attached hydrogens (tertiary/aromatic N) is 3. The summed E-state index contributed by atoms with van der Waals surface area (Å²) in [5.41, 5.74) is 3.92. The van der Waals surface area contributed by atoms with E-state index in [1.165, 1.54) is 48.8 Å². The maximum absolute atomic E-state index is 13.4. The Balaban J connectivity index is 1.55. The molecule has 0 N–H and O–H groups in total. The average Bonchev–Trinajstić information content (AvgIpc) is 3.41. The van der Waals surface area contributed by atoms with Crippen LogP contribution in [-0.4, -0.2) is 26.4 Å². The van der Waals surface area contributed by atoms with E-state index in [2.05, 4.69) is 52.7 Å². The van der Waals surface area contributed by atoms with Crippen LogP contribution in [0, 0.1) is 19.8 Å². The summed E-state index contributed by atoms with van der Waals surface area (Å²) in [7, 11) is 0. The third kappa shape index (κ3) is 4.73. The molecule has 29 heavy (non-hydrogen) atoms. The van der Waals surface area contributed by atoms with Gasteiger partial charge in [0.25, 0.3) is 0 Å². The second-order valence-electron chi connectivity index (χ2n) is 9.14. The number of carbonyl (C=O) groups is 1. The van der Waals surface area contributed by atoms with Gasteiger partial charge in [0.2, 0.25) is 5.91 Å². The highest BCUT2D eigenvalue weighted by atomic mass is 16.2. The van der Waals surface area contributed by atoms with Gasteiger partial charge in [0.05, 0.1) is 6.54 Å². The molecule has 1 heterocycles. The summed E-state index contributed by atoms with van der Waals surface area (Å²) in [5.74, 6) is 1.64. The fraction of sp³-hybridized carbons (Fsp3) is 0.600. The van der Waals surface area contributed by atoms with E-state index in [1.807, 2.05) is 6.20 Å². The maximum atomic E-state index is 13.4. The first-order valence-electron chi connectivity index (χ1n) is 11.5. The van der Waals surface area contributed by atoms with Crippen LogP contribution in [0.3, 0.4) is 0 Å². The monoisotopic (exact) mass is 393 g/mol. The predicted molar refractivity (Wildman–Crippen MR) is 117 cm³/mol. The summed E-state index contributed by atoms with van der Waals surface area (Å²) in [6, 6.07) is 7.02. The normalized spacial score (nSPS) is 18.3. The zero-order chi connectivity index (χ0) is 20.2. The van der Waals surface area contributed by atoms with Crippen molar-refractivity contribution in [1.29, 1.82) is 0 Å². The molecule has 0 aliphatic heterocycles. The number of aryl methyl sites for hydroxylation is 2. The van der Waals surface area contributed by atoms with Crippen molar-refractivity contribution < 1.29 is 4.79 Å². The Bertz CT molecular complexity index is 828. The van der Waals surface area contributed by atoms with E-state index >= 15 is 0 Å². The molecule has 0 radical (unpaired) electrons. The van der Waals surface area contributed by atoms with Crippen molar-refractivity contribution >= 4 is 5.91 Å². The van der Waals surface area contributed by atoms with Crippen LogP contribution >= 0.6 is 0 Å². The van der Waals surface area contributed by atoms with Crippen LogP contribution in [0.1, 0.15) is 80.3 Å². The van der Waals surface area contributed by atoms with Crippen LogP contribution in [0.5, 0.6) is 0 Å². The molecule has 0 unspecified atom stereocenters. The molecule has 2 aliphatic rings. The second-order valence-corrected chi connectivity index (χ2v) is 9.14. The van der Waals surface area contributed by atoms with E-state index < -0.39 is 0 Å². The molecule has 1 aromatic carbocycles. The quantitative estimate of drug-likeness (QED) is 0.659. The largest absolute Gasteiger partial charge is 0.332 e. The Morgan fingerprint density at radius 1 is 1.07 bits per heavy atom. The first kappa shape index (κ1) is 20.2. The molecule has 0 atom stereocenters. The molecule has 0 saturated heterocycles. The molecule has 2 saturated carbocycles. The first-order valence-corrected chi connectivity index (χ1v) is 11.5. The molecule has 2 aromatic rings. The zero-order valence-electron chi connectivity index (χ0n) is 18.1. The Labute approximate surface area is 175 Å². The van der Waals surface area contributed by atoms with E-state index in [1.54, 1.807) is 0 Å². The topological polar surface area (TPSA) is 38.1 Å². The zero-order valence-corrected chi connectivity index (χ0v) is 18.1. The third-order valence-corrected chi connectivity index (χ3v) is 6.96. The molecule has 4 heteroatoms. The third-order valence-electron chi connectivity index (χ3n) is 6.96. The van der Waals surface area contributed by atoms with Gasteiger partial charge in [-0.25, -0.2) is 4.98 Å². The smallest absolute Gasteiger partial charge is 0.226 e. The van der Waals surface area contributed by atoms with E-state index in [4.69, 9.17) is 0 Å². The van der Waals surface area contributed by atoms with Gasteiger partial charge in [-0.1, -0.05) is 55.9 Å². The van der Waals surface area contributed by atoms with Crippen molar-refractivity contribution in [3.63, 3.8) is 0 Å². The van der Waals surface area contributed by atoms with Crippen LogP contribution in [0.4, 0.5) is 0 Å². The average molecular weight is 394 g/mol. The summed E-state index contributed by atoms with van der Waals surface area (Å²) in [4.78, 5) is 20.3. The van der Waals surface area contributed by atoms with Gasteiger partial charge in [0.15, 0.2) is 0 Å². The van der Waals surface area contributed by atoms with Gasteiger partial charge in [-0.05, 0) is 50.7 Å². The molecule has 156 valence electrons. The van der Waals surface area contributed by atoms with Crippen molar-refractivity contribution in [2.24, 2.45) is 5.92 Å². The van der Waals surface area contributed by atoms with E-state index in [0.717, 1.165) is 38.1 Å². The minimum Gasteiger partial charge on any atom is -0.332 e. The van der Waals surface area contributed by atoms with Crippen LogP contribution in [-0.2, 0) is 17.9 Å². The number of amides is 1. The summed E-state index contributed by atoms with van der Waals surface area (Å²) < 4.78 is 2.24. The molecule has 4 nitrogen and oxygen atoms in total. The fourth-order valence-electron chi connectivity index (χ4n) is 5.13. The Morgan fingerprint density at radius 2 is 1.79 bits per heavy atom. The highest BCUT2D eigenvalue weighted by Gasteiger charge is 2.32. The standard InChI is InChI=1S/C25H35N3O/c1-19-12-13-20(2)22(16-19)17-27-15-14-26-24(27)18-28(23-10-4-3-5-11-23)25(29)21-8-6-7-9-21/h12-16,21,23H,3-11,17-18H2,1-2H3. The van der Waals surface area contributed by atoms with Gasteiger partial charge in [-0.2, -0.15) is 0 Å². The maximum Gasteiger partial charge on any atom is 0.226 e. The molecule has 0 spiro atoms. The van der Waals surface area contributed by atoms with E-state index in [9.17, 15) is 4.79 Å². The summed E-state index contributed by atoms with van der Waals surface area (Å²) in [6.07, 6.45) is 14.6. The number of aromatic nitrogens is 2. The molecule has 2 fully saturated rings. The van der Waals surface area contributed by atoms with Gasteiger partial charge in [-0.15, -0.1) is 0 Å². The van der Waals surface area contributed by atoms with E-state index in [-0.39, 0.29) is 5.92 Å². The number of hydrogen-bond acceptors (Lipinski definition) is 2. The van der Waals surface area contributed by atoms with Crippen molar-refractivity contribution in [2.75, 3.05) is 0 Å². The predicted octanol–water partition coefficient (Wildman–Crippen LogP) is 5.40. The summed E-state index contributed by atoms with van der Waals surface area (Å²) in [5, 5.41) is 0. The number of rotatable bonds is 6. The lowest BCUT2D eigenvalue weighted by Gasteiger charge is -2.36. The minimum atomic E-state index is 0.236. The second kappa shape index (κ2) is 9.15. The lowest BCUT2D eigenvalue weighted by Crippen LogP contribution is -2.44. The fourth-order valence-corrected chi connectivity index (χ4v) is 5.13. The highest BCUT2D eigenvalue weighted by Crippen LogP contribution is 2.31. The SMILES string of the molecule is Cc1ccc(C)c(Cn2ccnc2CN(C(=O)C2CCCC2)C2CCCCC2)c1. The van der Waals surface area contributed by atoms with Crippen LogP contribution in [0.15, 0.2) is 30.6 Å². The molecule has 4 rings (SSSR count). The number of hydrogen-bond donors (Lipinski definition) is 0. The number of carbonyl (C=O) groups excluding carboxylic acids is 1. The van der Waals surface area contributed by atoms with Gasteiger partial charge in [0, 0.05) is 30.9 Å². The summed E-state index contributed by atoms with van der Waals surface area (Å²) >= 11 is 0. The van der Waals surface area contributed by atoms with Crippen LogP contribution in [0.2, 0.25) is 0 Å². The van der Waals surface area contributed by atoms with Crippen molar-refractivity contribution in [3.8, 4) is 0 Å². The van der Waals surface area contributed by atoms with Crippen molar-refractivity contribution in [1.82, 2.24) is 14.5 Å². The van der Waals surface area contributed by atoms with Gasteiger partial charge >= 0.3 is 0 Å². The Kier molecular flexibility index (Phi) is 6.37. The van der Waals surface area contributed by atoms with Gasteiger partial charge in [-0.3, -0.25) is 4.79 Å². The molecule has 2 aliphatic carbocycles. The van der Waals surface area contributed by atoms with Gasteiger partial charge in [0.1, 0.15) is 5.82 Å². The molecule has 0 bridgehead atoms. The first-order chi connectivity index (χ1) is 14.1. The van der Waals surface area contributed by atoms with E-state index in [0.29, 0.717) is 18.5 Å². The molecular formula is C25H35N3O. The minimum absolute atomic E-state index is 0.236. The summed E-state index contributed by atoms with van der Waals surface area (Å²) in [6.45, 7) is 5.78. The van der Waals surface area contributed by atoms with Crippen LogP contribution in [0.25, 0.3) is 0 Å². The lowest BCUT2D eigenvalue weighted by molar-refractivity contribution is -0.139. The Morgan fingerprint density at radius 3 is 2.55 bits per heavy atom. The van der Waals surface area contributed by atoms with Gasteiger partial charge < -0.3 is 9.47 Å². The lowest BCUT2D eigenvalue weighted by atomic mass is 9.93. The number of benzene rings is 1. The molecular weight excluding hydrogens is 358 g/mol. The highest BCUT2D eigenvalue weighted by molar-refractivity contribution is 5.79.